The first-order valence-corrected chi connectivity index (χ1v) is 8.13. The summed E-state index contributed by atoms with van der Waals surface area (Å²) in [4.78, 5) is 16.1. The van der Waals surface area contributed by atoms with Crippen LogP contribution in [0.15, 0.2) is 0 Å². The van der Waals surface area contributed by atoms with Gasteiger partial charge in [-0.1, -0.05) is 0 Å². The number of carbonyl (C=O) groups excluding carboxylic acids is 1. The third-order valence-corrected chi connectivity index (χ3v) is 4.89. The molecule has 3 N–H and O–H groups in total. The number of hydrogen-bond acceptors (Lipinski definition) is 5. The summed E-state index contributed by atoms with van der Waals surface area (Å²) in [7, 11) is 0. The van der Waals surface area contributed by atoms with Gasteiger partial charge in [-0.3, -0.25) is 4.79 Å². The van der Waals surface area contributed by atoms with E-state index in [0.29, 0.717) is 16.8 Å². The smallest absolute Gasteiger partial charge is 0.264 e. The van der Waals surface area contributed by atoms with Crippen LogP contribution in [0, 0.1) is 6.92 Å². The molecule has 0 aliphatic heterocycles. The lowest BCUT2D eigenvalue weighted by atomic mass is 9.93. The van der Waals surface area contributed by atoms with Crippen molar-refractivity contribution in [3.8, 4) is 5.88 Å². The molecule has 2 saturated carbocycles. The van der Waals surface area contributed by atoms with Gasteiger partial charge in [-0.05, 0) is 45.4 Å². The minimum atomic E-state index is -0.449. The maximum atomic E-state index is 11.4. The maximum Gasteiger partial charge on any atom is 0.264 e. The third-order valence-electron chi connectivity index (χ3n) is 3.93. The third kappa shape index (κ3) is 3.30. The van der Waals surface area contributed by atoms with Gasteiger partial charge in [-0.15, -0.1) is 11.3 Å². The second-order valence-electron chi connectivity index (χ2n) is 5.76. The number of thiazole rings is 1. The van der Waals surface area contributed by atoms with Crippen LogP contribution in [0.5, 0.6) is 5.88 Å². The van der Waals surface area contributed by atoms with Crippen molar-refractivity contribution >= 4 is 17.2 Å². The number of primary amides is 1. The highest BCUT2D eigenvalue weighted by molar-refractivity contribution is 7.13. The lowest BCUT2D eigenvalue weighted by molar-refractivity contribution is 0.0987. The first-order valence-electron chi connectivity index (χ1n) is 7.31. The number of hydrogen-bond donors (Lipinski definition) is 2. The standard InChI is InChI=1S/C14H21N3O2S/c1-8-16-14(12(20-8)13(15)18)19-11-6-4-10(5-7-11)17-9-2-3-9/h9-11,17H,2-7H2,1H3,(H2,15,18). The van der Waals surface area contributed by atoms with Gasteiger partial charge in [-0.2, -0.15) is 0 Å². The van der Waals surface area contributed by atoms with Crippen molar-refractivity contribution in [2.24, 2.45) is 5.73 Å². The molecule has 0 saturated heterocycles. The van der Waals surface area contributed by atoms with Gasteiger partial charge >= 0.3 is 0 Å². The van der Waals surface area contributed by atoms with Gasteiger partial charge in [-0.25, -0.2) is 4.98 Å². The van der Waals surface area contributed by atoms with Crippen LogP contribution < -0.4 is 15.8 Å². The molecule has 20 heavy (non-hydrogen) atoms. The summed E-state index contributed by atoms with van der Waals surface area (Å²) in [5.41, 5.74) is 5.36. The van der Waals surface area contributed by atoms with Crippen LogP contribution in [0.2, 0.25) is 0 Å². The fraction of sp³-hybridized carbons (Fsp3) is 0.714. The lowest BCUT2D eigenvalue weighted by Gasteiger charge is -2.29. The van der Waals surface area contributed by atoms with E-state index in [1.54, 1.807) is 0 Å². The average molecular weight is 295 g/mol. The van der Waals surface area contributed by atoms with E-state index in [1.807, 2.05) is 6.92 Å². The van der Waals surface area contributed by atoms with E-state index in [9.17, 15) is 4.79 Å². The highest BCUT2D eigenvalue weighted by Gasteiger charge is 2.29. The molecule has 6 heteroatoms. The molecule has 3 rings (SSSR count). The zero-order chi connectivity index (χ0) is 14.1. The van der Waals surface area contributed by atoms with Crippen molar-refractivity contribution in [2.75, 3.05) is 0 Å². The zero-order valence-corrected chi connectivity index (χ0v) is 12.5. The summed E-state index contributed by atoms with van der Waals surface area (Å²) < 4.78 is 5.91. The molecule has 1 heterocycles. The monoisotopic (exact) mass is 295 g/mol. The number of aryl methyl sites for hydroxylation is 1. The largest absolute Gasteiger partial charge is 0.473 e. The maximum absolute atomic E-state index is 11.4. The number of amides is 1. The second kappa shape index (κ2) is 5.69. The minimum absolute atomic E-state index is 0.159. The van der Waals surface area contributed by atoms with Crippen molar-refractivity contribution in [1.29, 1.82) is 0 Å². The topological polar surface area (TPSA) is 77.2 Å². The first-order chi connectivity index (χ1) is 9.61. The number of carbonyl (C=O) groups is 1. The fourth-order valence-corrected chi connectivity index (χ4v) is 3.44. The first kappa shape index (κ1) is 13.8. The van der Waals surface area contributed by atoms with Crippen LogP contribution >= 0.6 is 11.3 Å². The highest BCUT2D eigenvalue weighted by Crippen LogP contribution is 2.30. The Labute approximate surface area is 122 Å². The van der Waals surface area contributed by atoms with Crippen molar-refractivity contribution in [3.63, 3.8) is 0 Å². The molecule has 110 valence electrons. The summed E-state index contributed by atoms with van der Waals surface area (Å²) in [6.07, 6.45) is 7.12. The molecule has 2 fully saturated rings. The van der Waals surface area contributed by atoms with E-state index >= 15 is 0 Å². The van der Waals surface area contributed by atoms with E-state index in [1.165, 1.54) is 24.2 Å². The Hall–Kier alpha value is -1.14. The van der Waals surface area contributed by atoms with E-state index in [2.05, 4.69) is 10.3 Å². The molecule has 1 aromatic rings. The molecule has 5 nitrogen and oxygen atoms in total. The van der Waals surface area contributed by atoms with Crippen molar-refractivity contribution in [1.82, 2.24) is 10.3 Å². The fourth-order valence-electron chi connectivity index (χ4n) is 2.73. The van der Waals surface area contributed by atoms with Crippen LogP contribution in [0.25, 0.3) is 0 Å². The van der Waals surface area contributed by atoms with Crippen LogP contribution in [-0.4, -0.2) is 29.1 Å². The summed E-state index contributed by atoms with van der Waals surface area (Å²) in [6.45, 7) is 1.86. The quantitative estimate of drug-likeness (QED) is 0.871. The van der Waals surface area contributed by atoms with E-state index in [-0.39, 0.29) is 6.10 Å². The van der Waals surface area contributed by atoms with Gasteiger partial charge in [0, 0.05) is 12.1 Å². The summed E-state index contributed by atoms with van der Waals surface area (Å²) in [5.74, 6) is -0.0201. The van der Waals surface area contributed by atoms with Gasteiger partial charge in [0.2, 0.25) is 5.88 Å². The number of nitrogens with one attached hydrogen (secondary N) is 1. The van der Waals surface area contributed by atoms with Crippen molar-refractivity contribution in [2.45, 2.75) is 63.6 Å². The summed E-state index contributed by atoms with van der Waals surface area (Å²) in [5, 5.41) is 4.49. The molecular weight excluding hydrogens is 274 g/mol. The minimum Gasteiger partial charge on any atom is -0.473 e. The molecular formula is C14H21N3O2S. The number of ether oxygens (including phenoxy) is 1. The van der Waals surface area contributed by atoms with E-state index in [0.717, 1.165) is 36.7 Å². The van der Waals surface area contributed by atoms with Gasteiger partial charge in [0.1, 0.15) is 6.10 Å². The summed E-state index contributed by atoms with van der Waals surface area (Å²) in [6, 6.07) is 1.40. The van der Waals surface area contributed by atoms with Gasteiger partial charge in [0.15, 0.2) is 4.88 Å². The molecule has 0 aromatic carbocycles. The Morgan fingerprint density at radius 2 is 1.85 bits per heavy atom. The Balaban J connectivity index is 1.55. The summed E-state index contributed by atoms with van der Waals surface area (Å²) >= 11 is 1.31. The molecule has 0 radical (unpaired) electrons. The second-order valence-corrected chi connectivity index (χ2v) is 6.97. The Bertz CT molecular complexity index is 491. The molecule has 1 amide bonds. The Kier molecular flexibility index (Phi) is 3.94. The number of rotatable bonds is 5. The van der Waals surface area contributed by atoms with Crippen molar-refractivity contribution in [3.05, 3.63) is 9.88 Å². The van der Waals surface area contributed by atoms with Gasteiger partial charge in [0.25, 0.3) is 5.91 Å². The zero-order valence-electron chi connectivity index (χ0n) is 11.7. The molecule has 0 unspecified atom stereocenters. The SMILES string of the molecule is Cc1nc(OC2CCC(NC3CC3)CC2)c(C(N)=O)s1. The average Bonchev–Trinajstić information content (AvgIpc) is 3.14. The number of nitrogens with two attached hydrogens (primary N) is 1. The predicted molar refractivity (Wildman–Crippen MR) is 78.2 cm³/mol. The van der Waals surface area contributed by atoms with Crippen LogP contribution in [-0.2, 0) is 0 Å². The molecule has 0 bridgehead atoms. The highest BCUT2D eigenvalue weighted by atomic mass is 32.1. The Morgan fingerprint density at radius 3 is 2.40 bits per heavy atom. The normalized spacial score (nSPS) is 26.4. The van der Waals surface area contributed by atoms with Crippen LogP contribution in [0.4, 0.5) is 0 Å². The van der Waals surface area contributed by atoms with Crippen LogP contribution in [0.3, 0.4) is 0 Å². The molecule has 0 spiro atoms. The molecule has 2 aliphatic carbocycles. The van der Waals surface area contributed by atoms with Crippen molar-refractivity contribution < 1.29 is 9.53 Å². The number of nitrogens with zero attached hydrogens (tertiary/aromatic N) is 1. The van der Waals surface area contributed by atoms with Gasteiger partial charge < -0.3 is 15.8 Å². The Morgan fingerprint density at radius 1 is 1.25 bits per heavy atom. The molecule has 0 atom stereocenters. The predicted octanol–water partition coefficient (Wildman–Crippen LogP) is 1.99. The van der Waals surface area contributed by atoms with E-state index in [4.69, 9.17) is 10.5 Å². The molecule has 1 aromatic heterocycles. The van der Waals surface area contributed by atoms with Crippen LogP contribution in [0.1, 0.15) is 53.2 Å². The molecule has 2 aliphatic rings. The number of aromatic nitrogens is 1. The van der Waals surface area contributed by atoms with Gasteiger partial charge in [0.05, 0.1) is 5.01 Å². The van der Waals surface area contributed by atoms with E-state index < -0.39 is 5.91 Å². The lowest BCUT2D eigenvalue weighted by Crippen LogP contribution is -2.37.